The van der Waals surface area contributed by atoms with E-state index in [1.807, 2.05) is 68.4 Å². The number of benzene rings is 4. The van der Waals surface area contributed by atoms with Gasteiger partial charge in [-0.2, -0.15) is 5.10 Å². The summed E-state index contributed by atoms with van der Waals surface area (Å²) in [6, 6.07) is 29.3. The van der Waals surface area contributed by atoms with Crippen LogP contribution in [-0.2, 0) is 4.79 Å². The highest BCUT2D eigenvalue weighted by molar-refractivity contribution is 5.92. The van der Waals surface area contributed by atoms with Gasteiger partial charge in [0, 0.05) is 0 Å². The Morgan fingerprint density at radius 2 is 1.50 bits per heavy atom. The lowest BCUT2D eigenvalue weighted by Crippen LogP contribution is -2.33. The molecule has 4 aromatic carbocycles. The SMILES string of the molecule is CCCOc1ccc(C(=O)Oc2ccc(/C=N\NC(=O)[C@@H](C)Oc3ccc(-c4ccccc4)cc3)cc2OCC)cc1. The number of hydrogen-bond donors (Lipinski definition) is 1. The number of esters is 1. The maximum absolute atomic E-state index is 12.7. The molecule has 1 atom stereocenters. The van der Waals surface area contributed by atoms with Crippen LogP contribution in [-0.4, -0.2) is 37.4 Å². The van der Waals surface area contributed by atoms with Gasteiger partial charge in [-0.15, -0.1) is 0 Å². The lowest BCUT2D eigenvalue weighted by Gasteiger charge is -2.13. The van der Waals surface area contributed by atoms with Crippen LogP contribution in [0.3, 0.4) is 0 Å². The van der Waals surface area contributed by atoms with E-state index in [4.69, 9.17) is 18.9 Å². The van der Waals surface area contributed by atoms with E-state index in [1.54, 1.807) is 49.4 Å². The van der Waals surface area contributed by atoms with Gasteiger partial charge in [0.2, 0.25) is 0 Å². The molecule has 0 spiro atoms. The molecule has 0 aliphatic carbocycles. The quantitative estimate of drug-likeness (QED) is 0.0840. The molecule has 0 aliphatic rings. The molecule has 0 fully saturated rings. The van der Waals surface area contributed by atoms with Gasteiger partial charge in [-0.3, -0.25) is 4.79 Å². The summed E-state index contributed by atoms with van der Waals surface area (Å²) in [7, 11) is 0. The van der Waals surface area contributed by atoms with E-state index in [1.165, 1.54) is 6.21 Å². The molecule has 216 valence electrons. The van der Waals surface area contributed by atoms with Gasteiger partial charge in [0.25, 0.3) is 5.91 Å². The second-order valence-corrected chi connectivity index (χ2v) is 9.29. The van der Waals surface area contributed by atoms with Crippen molar-refractivity contribution in [1.29, 1.82) is 0 Å². The van der Waals surface area contributed by atoms with Crippen LogP contribution in [0, 0.1) is 0 Å². The van der Waals surface area contributed by atoms with Crippen LogP contribution in [0.25, 0.3) is 11.1 Å². The number of hydrogen-bond acceptors (Lipinski definition) is 7. The monoisotopic (exact) mass is 566 g/mol. The fraction of sp³-hybridized carbons (Fsp3) is 0.206. The maximum Gasteiger partial charge on any atom is 0.343 e. The highest BCUT2D eigenvalue weighted by Gasteiger charge is 2.15. The highest BCUT2D eigenvalue weighted by atomic mass is 16.6. The Labute approximate surface area is 245 Å². The van der Waals surface area contributed by atoms with Crippen molar-refractivity contribution in [1.82, 2.24) is 5.43 Å². The maximum atomic E-state index is 12.7. The first kappa shape index (κ1) is 29.9. The molecule has 0 heterocycles. The Bertz CT molecular complexity index is 1490. The van der Waals surface area contributed by atoms with Gasteiger partial charge in [-0.25, -0.2) is 10.2 Å². The lowest BCUT2D eigenvalue weighted by molar-refractivity contribution is -0.127. The number of amides is 1. The molecule has 8 nitrogen and oxygen atoms in total. The van der Waals surface area contributed by atoms with E-state index in [0.29, 0.717) is 41.6 Å². The Morgan fingerprint density at radius 1 is 0.810 bits per heavy atom. The first-order valence-corrected chi connectivity index (χ1v) is 13.8. The van der Waals surface area contributed by atoms with Gasteiger partial charge < -0.3 is 18.9 Å². The molecular formula is C34H34N2O6. The van der Waals surface area contributed by atoms with Crippen LogP contribution in [0.15, 0.2) is 102 Å². The Hall–Kier alpha value is -5.11. The van der Waals surface area contributed by atoms with Crippen LogP contribution < -0.4 is 24.4 Å². The average Bonchev–Trinajstić information content (AvgIpc) is 3.02. The summed E-state index contributed by atoms with van der Waals surface area (Å²) in [5, 5.41) is 4.05. The van der Waals surface area contributed by atoms with Gasteiger partial charge in [0.05, 0.1) is 25.0 Å². The predicted molar refractivity (Wildman–Crippen MR) is 163 cm³/mol. The minimum atomic E-state index is -0.766. The predicted octanol–water partition coefficient (Wildman–Crippen LogP) is 6.68. The van der Waals surface area contributed by atoms with E-state index in [-0.39, 0.29) is 5.75 Å². The van der Waals surface area contributed by atoms with E-state index >= 15 is 0 Å². The zero-order valence-electron chi connectivity index (χ0n) is 23.9. The van der Waals surface area contributed by atoms with Crippen molar-refractivity contribution in [3.63, 3.8) is 0 Å². The average molecular weight is 567 g/mol. The molecule has 0 saturated heterocycles. The van der Waals surface area contributed by atoms with Crippen molar-refractivity contribution in [2.24, 2.45) is 5.10 Å². The van der Waals surface area contributed by atoms with Crippen molar-refractivity contribution < 1.29 is 28.5 Å². The molecule has 1 N–H and O–H groups in total. The third kappa shape index (κ3) is 8.44. The summed E-state index contributed by atoms with van der Waals surface area (Å²) in [4.78, 5) is 25.2. The number of hydrazone groups is 1. The zero-order chi connectivity index (χ0) is 29.7. The molecule has 4 aromatic rings. The van der Waals surface area contributed by atoms with Crippen molar-refractivity contribution in [2.45, 2.75) is 33.3 Å². The second-order valence-electron chi connectivity index (χ2n) is 9.29. The van der Waals surface area contributed by atoms with Gasteiger partial charge in [-0.1, -0.05) is 49.4 Å². The lowest BCUT2D eigenvalue weighted by atomic mass is 10.1. The minimum Gasteiger partial charge on any atom is -0.494 e. The van der Waals surface area contributed by atoms with Crippen molar-refractivity contribution in [3.05, 3.63) is 108 Å². The molecule has 4 rings (SSSR count). The Balaban J connectivity index is 1.32. The smallest absolute Gasteiger partial charge is 0.343 e. The summed E-state index contributed by atoms with van der Waals surface area (Å²) < 4.78 is 22.6. The van der Waals surface area contributed by atoms with Gasteiger partial charge in [-0.05, 0) is 91.6 Å². The number of nitrogens with zero attached hydrogens (tertiary/aromatic N) is 1. The topological polar surface area (TPSA) is 95.5 Å². The molecule has 0 aromatic heterocycles. The van der Waals surface area contributed by atoms with E-state index in [9.17, 15) is 9.59 Å². The van der Waals surface area contributed by atoms with Crippen LogP contribution in [0.4, 0.5) is 0 Å². The van der Waals surface area contributed by atoms with Gasteiger partial charge in [0.1, 0.15) is 11.5 Å². The van der Waals surface area contributed by atoms with E-state index < -0.39 is 18.0 Å². The van der Waals surface area contributed by atoms with Crippen molar-refractivity contribution >= 4 is 18.1 Å². The second kappa shape index (κ2) is 15.0. The summed E-state index contributed by atoms with van der Waals surface area (Å²) in [5.74, 6) is 0.996. The molecular weight excluding hydrogens is 532 g/mol. The summed E-state index contributed by atoms with van der Waals surface area (Å²) in [6.07, 6.45) is 1.61. The first-order chi connectivity index (χ1) is 20.5. The van der Waals surface area contributed by atoms with E-state index in [0.717, 1.165) is 17.5 Å². The summed E-state index contributed by atoms with van der Waals surface area (Å²) in [6.45, 7) is 6.49. The van der Waals surface area contributed by atoms with Crippen LogP contribution in [0.2, 0.25) is 0 Å². The molecule has 0 aliphatic heterocycles. The third-order valence-corrected chi connectivity index (χ3v) is 6.07. The molecule has 0 bridgehead atoms. The number of rotatable bonds is 13. The van der Waals surface area contributed by atoms with Gasteiger partial charge >= 0.3 is 5.97 Å². The van der Waals surface area contributed by atoms with Crippen LogP contribution in [0.5, 0.6) is 23.0 Å². The Morgan fingerprint density at radius 3 is 2.19 bits per heavy atom. The van der Waals surface area contributed by atoms with Crippen molar-refractivity contribution in [2.75, 3.05) is 13.2 Å². The molecule has 42 heavy (non-hydrogen) atoms. The Kier molecular flexibility index (Phi) is 10.7. The molecule has 0 saturated carbocycles. The molecule has 0 unspecified atom stereocenters. The molecule has 8 heteroatoms. The van der Waals surface area contributed by atoms with Crippen LogP contribution >= 0.6 is 0 Å². The van der Waals surface area contributed by atoms with Gasteiger partial charge in [0.15, 0.2) is 17.6 Å². The van der Waals surface area contributed by atoms with Crippen LogP contribution in [0.1, 0.15) is 43.1 Å². The first-order valence-electron chi connectivity index (χ1n) is 13.8. The minimum absolute atomic E-state index is 0.273. The molecule has 0 radical (unpaired) electrons. The van der Waals surface area contributed by atoms with E-state index in [2.05, 4.69) is 10.5 Å². The summed E-state index contributed by atoms with van der Waals surface area (Å²) >= 11 is 0. The standard InChI is InChI=1S/C34H34N2O6/c1-4-21-40-29-16-14-28(15-17-29)34(38)42-31-20-11-25(22-32(31)39-5-2)23-35-36-33(37)24(3)41-30-18-12-27(13-19-30)26-9-7-6-8-10-26/h6-20,22-24H,4-5,21H2,1-3H3,(H,36,37)/b35-23-/t24-/m1/s1. The molecule has 1 amide bonds. The fourth-order valence-corrected chi connectivity index (χ4v) is 3.90. The fourth-order valence-electron chi connectivity index (χ4n) is 3.90. The number of carbonyl (C=O) groups is 2. The zero-order valence-corrected chi connectivity index (χ0v) is 23.9. The number of nitrogens with one attached hydrogen (secondary N) is 1. The third-order valence-electron chi connectivity index (χ3n) is 6.07. The normalized spacial score (nSPS) is 11.5. The largest absolute Gasteiger partial charge is 0.494 e. The summed E-state index contributed by atoms with van der Waals surface area (Å²) in [5.41, 5.74) is 5.68. The highest BCUT2D eigenvalue weighted by Crippen LogP contribution is 2.29. The van der Waals surface area contributed by atoms with Crippen molar-refractivity contribution in [3.8, 4) is 34.1 Å². The number of carbonyl (C=O) groups excluding carboxylic acids is 2. The number of ether oxygens (including phenoxy) is 4.